The van der Waals surface area contributed by atoms with Crippen molar-refractivity contribution in [3.8, 4) is 0 Å². The van der Waals surface area contributed by atoms with Crippen molar-refractivity contribution >= 4 is 22.6 Å². The number of fused-ring (bicyclic) bond motifs is 1. The van der Waals surface area contributed by atoms with Gasteiger partial charge in [-0.25, -0.2) is 4.98 Å². The Morgan fingerprint density at radius 3 is 2.30 bits per heavy atom. The normalized spacial score (nSPS) is 16.2. The molecule has 0 bridgehead atoms. The molecule has 3 aromatic rings. The van der Waals surface area contributed by atoms with Gasteiger partial charge in [0.15, 0.2) is 0 Å². The van der Waals surface area contributed by atoms with Gasteiger partial charge in [0.25, 0.3) is 0 Å². The Balaban J connectivity index is 1.41. The number of hydrogen-bond acceptors (Lipinski definition) is 2. The summed E-state index contributed by atoms with van der Waals surface area (Å²) < 4.78 is 2.40. The van der Waals surface area contributed by atoms with Crippen LogP contribution in [-0.4, -0.2) is 22.0 Å². The molecule has 1 aliphatic rings. The van der Waals surface area contributed by atoms with Gasteiger partial charge in [0.05, 0.1) is 11.0 Å². The summed E-state index contributed by atoms with van der Waals surface area (Å²) in [4.78, 5) is 19.9. The lowest BCUT2D eigenvalue weighted by Crippen LogP contribution is -2.25. The number of imidazole rings is 1. The van der Waals surface area contributed by atoms with Crippen LogP contribution in [0.2, 0.25) is 0 Å². The molecule has 0 aliphatic carbocycles. The van der Waals surface area contributed by atoms with Gasteiger partial charge in [-0.2, -0.15) is 0 Å². The highest BCUT2D eigenvalue weighted by molar-refractivity contribution is 5.97. The maximum absolute atomic E-state index is 13.0. The van der Waals surface area contributed by atoms with Gasteiger partial charge in [-0.1, -0.05) is 88.6 Å². The predicted molar refractivity (Wildman–Crippen MR) is 138 cm³/mol. The van der Waals surface area contributed by atoms with Crippen molar-refractivity contribution in [2.45, 2.75) is 90.5 Å². The summed E-state index contributed by atoms with van der Waals surface area (Å²) in [6, 6.07) is 16.6. The van der Waals surface area contributed by atoms with E-state index in [9.17, 15) is 4.79 Å². The Hall–Kier alpha value is -2.62. The maximum Gasteiger partial charge on any atom is 0.227 e. The van der Waals surface area contributed by atoms with E-state index in [-0.39, 0.29) is 11.8 Å². The topological polar surface area (TPSA) is 38.1 Å². The SMILES string of the molecule is CCCCCCCCCCCn1c(C2CC(=O)N(c3ccccc3C)C2)nc2ccccc21. The number of carbonyl (C=O) groups is 1. The van der Waals surface area contributed by atoms with E-state index in [0.29, 0.717) is 13.0 Å². The van der Waals surface area contributed by atoms with E-state index in [1.807, 2.05) is 17.0 Å². The first-order chi connectivity index (χ1) is 16.2. The van der Waals surface area contributed by atoms with Gasteiger partial charge in [-0.3, -0.25) is 4.79 Å². The minimum atomic E-state index is 0.142. The molecule has 176 valence electrons. The van der Waals surface area contributed by atoms with Crippen LogP contribution in [0.1, 0.15) is 88.4 Å². The van der Waals surface area contributed by atoms with Crippen molar-refractivity contribution in [1.29, 1.82) is 0 Å². The van der Waals surface area contributed by atoms with Gasteiger partial charge in [0.1, 0.15) is 5.82 Å². The van der Waals surface area contributed by atoms with E-state index in [4.69, 9.17) is 4.98 Å². The number of aryl methyl sites for hydroxylation is 2. The quantitative estimate of drug-likeness (QED) is 0.272. The van der Waals surface area contributed by atoms with Crippen molar-refractivity contribution < 1.29 is 4.79 Å². The monoisotopic (exact) mass is 445 g/mol. The van der Waals surface area contributed by atoms with E-state index in [0.717, 1.165) is 29.1 Å². The molecule has 1 aromatic heterocycles. The standard InChI is InChI=1S/C29H39N3O/c1-3-4-5-6-7-8-9-10-15-20-31-27-19-14-12-17-25(27)30-29(31)24-21-28(33)32(22-24)26-18-13-11-16-23(26)2/h11-14,16-19,24H,3-10,15,20-22H2,1-2H3. The van der Waals surface area contributed by atoms with Crippen LogP contribution in [0.25, 0.3) is 11.0 Å². The number of carbonyl (C=O) groups excluding carboxylic acids is 1. The van der Waals surface area contributed by atoms with E-state index in [1.165, 1.54) is 63.3 Å². The number of benzene rings is 2. The molecule has 2 aromatic carbocycles. The second kappa shape index (κ2) is 11.5. The smallest absolute Gasteiger partial charge is 0.227 e. The molecule has 0 N–H and O–H groups in total. The average Bonchev–Trinajstić information content (AvgIpc) is 3.39. The zero-order valence-electron chi connectivity index (χ0n) is 20.4. The minimum Gasteiger partial charge on any atom is -0.328 e. The van der Waals surface area contributed by atoms with E-state index in [2.05, 4.69) is 54.8 Å². The molecular formula is C29H39N3O. The van der Waals surface area contributed by atoms with E-state index >= 15 is 0 Å². The van der Waals surface area contributed by atoms with E-state index in [1.54, 1.807) is 0 Å². The molecule has 1 saturated heterocycles. The van der Waals surface area contributed by atoms with Crippen LogP contribution in [0.5, 0.6) is 0 Å². The first-order valence-electron chi connectivity index (χ1n) is 13.0. The lowest BCUT2D eigenvalue weighted by molar-refractivity contribution is -0.117. The van der Waals surface area contributed by atoms with Crippen LogP contribution in [0.15, 0.2) is 48.5 Å². The molecular weight excluding hydrogens is 406 g/mol. The summed E-state index contributed by atoms with van der Waals surface area (Å²) in [5.74, 6) is 1.43. The van der Waals surface area contributed by atoms with E-state index < -0.39 is 0 Å². The highest BCUT2D eigenvalue weighted by Crippen LogP contribution is 2.34. The Morgan fingerprint density at radius 2 is 1.55 bits per heavy atom. The molecule has 0 spiro atoms. The van der Waals surface area contributed by atoms with Crippen LogP contribution in [0.3, 0.4) is 0 Å². The third-order valence-corrected chi connectivity index (χ3v) is 7.07. The van der Waals surface area contributed by atoms with Gasteiger partial charge in [-0.05, 0) is 37.1 Å². The van der Waals surface area contributed by atoms with Crippen LogP contribution >= 0.6 is 0 Å². The van der Waals surface area contributed by atoms with Crippen molar-refractivity contribution in [3.63, 3.8) is 0 Å². The van der Waals surface area contributed by atoms with Crippen molar-refractivity contribution in [2.24, 2.45) is 0 Å². The lowest BCUT2D eigenvalue weighted by atomic mass is 10.1. The molecule has 2 heterocycles. The molecule has 4 nitrogen and oxygen atoms in total. The summed E-state index contributed by atoms with van der Waals surface area (Å²) in [6.45, 7) is 6.05. The predicted octanol–water partition coefficient (Wildman–Crippen LogP) is 7.40. The average molecular weight is 446 g/mol. The Morgan fingerprint density at radius 1 is 0.879 bits per heavy atom. The molecule has 0 saturated carbocycles. The zero-order chi connectivity index (χ0) is 23.0. The van der Waals surface area contributed by atoms with Crippen molar-refractivity contribution in [1.82, 2.24) is 9.55 Å². The molecule has 1 atom stereocenters. The van der Waals surface area contributed by atoms with Crippen LogP contribution in [-0.2, 0) is 11.3 Å². The minimum absolute atomic E-state index is 0.142. The zero-order valence-corrected chi connectivity index (χ0v) is 20.4. The van der Waals surface area contributed by atoms with Crippen LogP contribution in [0.4, 0.5) is 5.69 Å². The third kappa shape index (κ3) is 5.66. The fourth-order valence-electron chi connectivity index (χ4n) is 5.20. The number of aromatic nitrogens is 2. The molecule has 1 unspecified atom stereocenters. The molecule has 4 rings (SSSR count). The Labute approximate surface area is 199 Å². The number of anilines is 1. The fraction of sp³-hybridized carbons (Fsp3) is 0.517. The first kappa shape index (κ1) is 23.5. The number of nitrogens with zero attached hydrogens (tertiary/aromatic N) is 3. The molecule has 1 fully saturated rings. The summed E-state index contributed by atoms with van der Waals surface area (Å²) >= 11 is 0. The lowest BCUT2D eigenvalue weighted by Gasteiger charge is -2.19. The molecule has 4 heteroatoms. The van der Waals surface area contributed by atoms with Gasteiger partial charge in [-0.15, -0.1) is 0 Å². The fourth-order valence-corrected chi connectivity index (χ4v) is 5.20. The highest BCUT2D eigenvalue weighted by atomic mass is 16.2. The summed E-state index contributed by atoms with van der Waals surface area (Å²) in [5, 5.41) is 0. The number of hydrogen-bond donors (Lipinski definition) is 0. The second-order valence-electron chi connectivity index (χ2n) is 9.63. The number of rotatable bonds is 12. The first-order valence-corrected chi connectivity index (χ1v) is 13.0. The van der Waals surface area contributed by atoms with Crippen LogP contribution < -0.4 is 4.90 Å². The van der Waals surface area contributed by atoms with Gasteiger partial charge in [0.2, 0.25) is 5.91 Å². The maximum atomic E-state index is 13.0. The Kier molecular flexibility index (Phi) is 8.20. The van der Waals surface area contributed by atoms with Crippen molar-refractivity contribution in [3.05, 3.63) is 59.9 Å². The second-order valence-corrected chi connectivity index (χ2v) is 9.63. The number of unbranched alkanes of at least 4 members (excludes halogenated alkanes) is 8. The summed E-state index contributed by atoms with van der Waals surface area (Å²) in [6.07, 6.45) is 12.5. The number of para-hydroxylation sites is 3. The van der Waals surface area contributed by atoms with Gasteiger partial charge in [0, 0.05) is 31.1 Å². The summed E-state index contributed by atoms with van der Waals surface area (Å²) in [5.41, 5.74) is 4.43. The van der Waals surface area contributed by atoms with Gasteiger partial charge < -0.3 is 9.47 Å². The third-order valence-electron chi connectivity index (χ3n) is 7.07. The van der Waals surface area contributed by atoms with Gasteiger partial charge >= 0.3 is 0 Å². The molecule has 1 aliphatic heterocycles. The largest absolute Gasteiger partial charge is 0.328 e. The molecule has 1 amide bonds. The number of amides is 1. The summed E-state index contributed by atoms with van der Waals surface area (Å²) in [7, 11) is 0. The molecule has 33 heavy (non-hydrogen) atoms. The van der Waals surface area contributed by atoms with Crippen LogP contribution in [0, 0.1) is 6.92 Å². The van der Waals surface area contributed by atoms with Crippen molar-refractivity contribution in [2.75, 3.05) is 11.4 Å². The molecule has 0 radical (unpaired) electrons. The Bertz CT molecular complexity index is 1050. The highest BCUT2D eigenvalue weighted by Gasteiger charge is 2.35.